The van der Waals surface area contributed by atoms with Crippen molar-refractivity contribution in [2.45, 2.75) is 12.2 Å². The number of ether oxygens (including phenoxy) is 1. The van der Waals surface area contributed by atoms with E-state index in [4.69, 9.17) is 9.29 Å². The van der Waals surface area contributed by atoms with Crippen molar-refractivity contribution in [3.8, 4) is 0 Å². The van der Waals surface area contributed by atoms with Crippen molar-refractivity contribution < 1.29 is 21.9 Å². The third kappa shape index (κ3) is 3.00. The Kier molecular flexibility index (Phi) is 2.74. The van der Waals surface area contributed by atoms with E-state index in [9.17, 15) is 8.42 Å². The van der Waals surface area contributed by atoms with Crippen LogP contribution in [0.5, 0.6) is 0 Å². The fraction of sp³-hybridized carbons (Fsp3) is 0.333. The van der Waals surface area contributed by atoms with Gasteiger partial charge in [-0.15, -0.1) is 0 Å². The van der Waals surface area contributed by atoms with Gasteiger partial charge in [0.1, 0.15) is 12.2 Å². The lowest BCUT2D eigenvalue weighted by Crippen LogP contribution is -2.09. The zero-order valence-electron chi connectivity index (χ0n) is 7.74. The van der Waals surface area contributed by atoms with Crippen molar-refractivity contribution in [1.82, 2.24) is 0 Å². The molecule has 0 radical (unpaired) electrons. The molecule has 0 aromatic heterocycles. The maximum Gasteiger partial charge on any atom is 0.397 e. The number of hydrogen-bond donors (Lipinski definition) is 1. The maximum absolute atomic E-state index is 10.3. The van der Waals surface area contributed by atoms with Crippen LogP contribution < -0.4 is 0 Å². The molecule has 2 rings (SSSR count). The van der Waals surface area contributed by atoms with Gasteiger partial charge < -0.3 is 4.74 Å². The van der Waals surface area contributed by atoms with Crippen molar-refractivity contribution in [3.63, 3.8) is 0 Å². The third-order valence-corrected chi connectivity index (χ3v) is 2.53. The standard InChI is InChI=1S/C9H10O5S/c10-15(11,12)13-6-8-9(14-8)7-4-2-1-3-5-7/h1-5,8-9H,6H2,(H,10,11,12). The summed E-state index contributed by atoms with van der Waals surface area (Å²) in [5, 5.41) is 0. The highest BCUT2D eigenvalue weighted by atomic mass is 32.3. The van der Waals surface area contributed by atoms with Crippen molar-refractivity contribution in [2.75, 3.05) is 6.61 Å². The Morgan fingerprint density at radius 1 is 1.33 bits per heavy atom. The molecule has 1 fully saturated rings. The molecule has 1 aromatic carbocycles. The topological polar surface area (TPSA) is 76.1 Å². The number of hydrogen-bond acceptors (Lipinski definition) is 4. The highest BCUT2D eigenvalue weighted by Gasteiger charge is 2.41. The quantitative estimate of drug-likeness (QED) is 0.615. The second-order valence-electron chi connectivity index (χ2n) is 3.22. The average molecular weight is 230 g/mol. The van der Waals surface area contributed by atoms with Crippen LogP contribution >= 0.6 is 0 Å². The van der Waals surface area contributed by atoms with E-state index in [1.165, 1.54) is 0 Å². The molecule has 0 saturated carbocycles. The Balaban J connectivity index is 1.87. The SMILES string of the molecule is O=S(=O)(O)OCC1OC1c1ccccc1. The van der Waals surface area contributed by atoms with Gasteiger partial charge in [0, 0.05) is 0 Å². The molecule has 82 valence electrons. The van der Waals surface area contributed by atoms with Gasteiger partial charge in [0.15, 0.2) is 0 Å². The summed E-state index contributed by atoms with van der Waals surface area (Å²) in [4.78, 5) is 0. The molecule has 0 aliphatic carbocycles. The van der Waals surface area contributed by atoms with Crippen LogP contribution in [-0.2, 0) is 19.3 Å². The maximum atomic E-state index is 10.3. The van der Waals surface area contributed by atoms with Crippen LogP contribution in [0.2, 0.25) is 0 Å². The molecule has 1 heterocycles. The van der Waals surface area contributed by atoms with Gasteiger partial charge in [0.05, 0.1) is 6.61 Å². The minimum absolute atomic E-state index is 0.132. The second-order valence-corrected chi connectivity index (χ2v) is 4.31. The van der Waals surface area contributed by atoms with Crippen LogP contribution in [0.3, 0.4) is 0 Å². The van der Waals surface area contributed by atoms with Gasteiger partial charge >= 0.3 is 10.4 Å². The van der Waals surface area contributed by atoms with Crippen LogP contribution in [0.4, 0.5) is 0 Å². The first kappa shape index (κ1) is 10.6. The zero-order chi connectivity index (χ0) is 10.9. The van der Waals surface area contributed by atoms with E-state index in [1.807, 2.05) is 30.3 Å². The molecule has 6 heteroatoms. The molecule has 15 heavy (non-hydrogen) atoms. The number of rotatable bonds is 4. The first-order valence-corrected chi connectivity index (χ1v) is 5.75. The Morgan fingerprint density at radius 3 is 2.60 bits per heavy atom. The molecule has 1 N–H and O–H groups in total. The number of benzene rings is 1. The van der Waals surface area contributed by atoms with Gasteiger partial charge in [-0.3, -0.25) is 4.55 Å². The predicted molar refractivity (Wildman–Crippen MR) is 51.6 cm³/mol. The highest BCUT2D eigenvalue weighted by Crippen LogP contribution is 2.38. The average Bonchev–Trinajstić information content (AvgIpc) is 2.94. The van der Waals surface area contributed by atoms with E-state index >= 15 is 0 Å². The van der Waals surface area contributed by atoms with Crippen LogP contribution in [0.1, 0.15) is 11.7 Å². The molecule has 0 spiro atoms. The van der Waals surface area contributed by atoms with Crippen molar-refractivity contribution in [1.29, 1.82) is 0 Å². The summed E-state index contributed by atoms with van der Waals surface area (Å²) in [7, 11) is -4.36. The smallest absolute Gasteiger partial charge is 0.362 e. The van der Waals surface area contributed by atoms with E-state index in [1.54, 1.807) is 0 Å². The van der Waals surface area contributed by atoms with E-state index in [0.717, 1.165) is 5.56 Å². The zero-order valence-corrected chi connectivity index (χ0v) is 8.55. The number of epoxide rings is 1. The minimum atomic E-state index is -4.36. The van der Waals surface area contributed by atoms with Gasteiger partial charge in [-0.05, 0) is 5.56 Å². The molecule has 1 aliphatic heterocycles. The van der Waals surface area contributed by atoms with Gasteiger partial charge in [-0.2, -0.15) is 8.42 Å². The van der Waals surface area contributed by atoms with Crippen LogP contribution in [0, 0.1) is 0 Å². The molecule has 0 bridgehead atoms. The van der Waals surface area contributed by atoms with Crippen LogP contribution in [0.25, 0.3) is 0 Å². The van der Waals surface area contributed by atoms with E-state index in [0.29, 0.717) is 0 Å². The predicted octanol–water partition coefficient (Wildman–Crippen LogP) is 0.946. The summed E-state index contributed by atoms with van der Waals surface area (Å²) in [6.45, 7) is -0.154. The summed E-state index contributed by atoms with van der Waals surface area (Å²) in [6.07, 6.45) is -0.428. The molecule has 1 aliphatic rings. The van der Waals surface area contributed by atoms with Gasteiger partial charge in [-0.1, -0.05) is 30.3 Å². The minimum Gasteiger partial charge on any atom is -0.362 e. The van der Waals surface area contributed by atoms with Crippen molar-refractivity contribution >= 4 is 10.4 Å². The summed E-state index contributed by atoms with van der Waals surface area (Å²) in [5.41, 5.74) is 0.974. The summed E-state index contributed by atoms with van der Waals surface area (Å²) < 4.78 is 38.3. The van der Waals surface area contributed by atoms with Gasteiger partial charge in [0.2, 0.25) is 0 Å². The van der Waals surface area contributed by atoms with E-state index in [2.05, 4.69) is 4.18 Å². The Bertz CT molecular complexity index is 427. The summed E-state index contributed by atoms with van der Waals surface area (Å²) >= 11 is 0. The molecule has 2 atom stereocenters. The molecule has 0 amide bonds. The second kappa shape index (κ2) is 3.90. The molecular weight excluding hydrogens is 220 g/mol. The molecule has 5 nitrogen and oxygen atoms in total. The molecule has 1 saturated heterocycles. The highest BCUT2D eigenvalue weighted by molar-refractivity contribution is 7.80. The Labute approximate surface area is 87.6 Å². The first-order chi connectivity index (χ1) is 7.06. The van der Waals surface area contributed by atoms with Crippen molar-refractivity contribution in [3.05, 3.63) is 35.9 Å². The lowest BCUT2D eigenvalue weighted by atomic mass is 10.1. The fourth-order valence-electron chi connectivity index (χ4n) is 1.36. The lowest BCUT2D eigenvalue weighted by molar-refractivity contribution is 0.234. The molecule has 1 aromatic rings. The largest absolute Gasteiger partial charge is 0.397 e. The van der Waals surface area contributed by atoms with Crippen molar-refractivity contribution in [2.24, 2.45) is 0 Å². The lowest BCUT2D eigenvalue weighted by Gasteiger charge is -1.96. The van der Waals surface area contributed by atoms with Crippen LogP contribution in [0.15, 0.2) is 30.3 Å². The van der Waals surface area contributed by atoms with Crippen LogP contribution in [-0.4, -0.2) is 25.7 Å². The third-order valence-electron chi connectivity index (χ3n) is 2.09. The van der Waals surface area contributed by atoms with E-state index < -0.39 is 10.4 Å². The Morgan fingerprint density at radius 2 is 2.00 bits per heavy atom. The monoisotopic (exact) mass is 230 g/mol. The fourth-order valence-corrected chi connectivity index (χ4v) is 1.66. The van der Waals surface area contributed by atoms with Gasteiger partial charge in [0.25, 0.3) is 0 Å². The first-order valence-electron chi connectivity index (χ1n) is 4.38. The summed E-state index contributed by atoms with van der Waals surface area (Å²) in [6, 6.07) is 9.40. The van der Waals surface area contributed by atoms with Gasteiger partial charge in [-0.25, -0.2) is 4.18 Å². The van der Waals surface area contributed by atoms with E-state index in [-0.39, 0.29) is 18.8 Å². The normalized spacial score (nSPS) is 25.1. The summed E-state index contributed by atoms with van der Waals surface area (Å²) in [5.74, 6) is 0. The molecular formula is C9H10O5S. The Hall–Kier alpha value is -0.950. The molecule has 2 unspecified atom stereocenters.